The van der Waals surface area contributed by atoms with Gasteiger partial charge >= 0.3 is 0 Å². The van der Waals surface area contributed by atoms with Gasteiger partial charge in [-0.1, -0.05) is 0 Å². The van der Waals surface area contributed by atoms with Gasteiger partial charge in [-0.15, -0.1) is 0 Å². The van der Waals surface area contributed by atoms with Crippen molar-refractivity contribution in [2.75, 3.05) is 0 Å². The van der Waals surface area contributed by atoms with Crippen molar-refractivity contribution in [1.29, 1.82) is 0 Å². The molecule has 2 bridgehead atoms. The zero-order chi connectivity index (χ0) is 15.3. The van der Waals surface area contributed by atoms with E-state index in [1.54, 1.807) is 17.1 Å². The summed E-state index contributed by atoms with van der Waals surface area (Å²) >= 11 is 0. The van der Waals surface area contributed by atoms with Crippen molar-refractivity contribution in [3.63, 3.8) is 0 Å². The number of nitrogens with zero attached hydrogens (tertiary/aromatic N) is 4. The topological polar surface area (TPSA) is 87.0 Å². The Morgan fingerprint density at radius 1 is 1.32 bits per heavy atom. The van der Waals surface area contributed by atoms with E-state index in [-0.39, 0.29) is 24.1 Å². The van der Waals surface area contributed by atoms with E-state index in [1.807, 2.05) is 18.1 Å². The number of aromatic amines is 1. The van der Waals surface area contributed by atoms with E-state index < -0.39 is 0 Å². The number of amides is 1. The summed E-state index contributed by atoms with van der Waals surface area (Å²) in [5.74, 6) is 0.00648. The van der Waals surface area contributed by atoms with Crippen LogP contribution in [0, 0.1) is 0 Å². The molecule has 2 aromatic heterocycles. The monoisotopic (exact) mass is 301 g/mol. The van der Waals surface area contributed by atoms with Gasteiger partial charge in [0.2, 0.25) is 0 Å². The highest BCUT2D eigenvalue weighted by Crippen LogP contribution is 2.37. The molecule has 2 aliphatic rings. The Kier molecular flexibility index (Phi) is 3.04. The van der Waals surface area contributed by atoms with Crippen molar-refractivity contribution in [3.05, 3.63) is 24.2 Å². The molecule has 7 nitrogen and oxygen atoms in total. The molecule has 0 aliphatic carbocycles. The van der Waals surface area contributed by atoms with Gasteiger partial charge in [-0.05, 0) is 25.7 Å². The lowest BCUT2D eigenvalue weighted by molar-refractivity contribution is 0.0287. The molecule has 0 saturated carbocycles. The summed E-state index contributed by atoms with van der Waals surface area (Å²) < 4.78 is 1.70. The van der Waals surface area contributed by atoms with Crippen LogP contribution in [0.5, 0.6) is 0 Å². The number of aryl methyl sites for hydroxylation is 1. The van der Waals surface area contributed by atoms with Gasteiger partial charge in [-0.2, -0.15) is 10.2 Å². The minimum absolute atomic E-state index is 0.00648. The van der Waals surface area contributed by atoms with Gasteiger partial charge in [0.05, 0.1) is 29.8 Å². The number of H-pyrrole nitrogens is 1. The normalized spacial score (nSPS) is 27.4. The van der Waals surface area contributed by atoms with Gasteiger partial charge in [-0.3, -0.25) is 14.6 Å². The van der Waals surface area contributed by atoms with Crippen LogP contribution in [0.2, 0.25) is 0 Å². The molecule has 2 saturated heterocycles. The summed E-state index contributed by atoms with van der Waals surface area (Å²) in [6.45, 7) is 0. The Morgan fingerprint density at radius 3 is 2.68 bits per heavy atom. The quantitative estimate of drug-likeness (QED) is 0.864. The largest absolute Gasteiger partial charge is 0.393 e. The first kappa shape index (κ1) is 13.5. The summed E-state index contributed by atoms with van der Waals surface area (Å²) in [5.41, 5.74) is 2.15. The van der Waals surface area contributed by atoms with Gasteiger partial charge in [0, 0.05) is 30.9 Å². The fourth-order valence-corrected chi connectivity index (χ4v) is 3.84. The summed E-state index contributed by atoms with van der Waals surface area (Å²) in [6.07, 6.45) is 8.22. The van der Waals surface area contributed by atoms with Crippen LogP contribution in [0.3, 0.4) is 0 Å². The number of carbonyl (C=O) groups excluding carboxylic acids is 1. The van der Waals surface area contributed by atoms with Gasteiger partial charge in [0.1, 0.15) is 0 Å². The maximum absolute atomic E-state index is 13.0. The first-order valence-corrected chi connectivity index (χ1v) is 7.66. The first-order valence-electron chi connectivity index (χ1n) is 7.66. The zero-order valence-corrected chi connectivity index (χ0v) is 12.4. The molecule has 4 rings (SSSR count). The molecule has 22 heavy (non-hydrogen) atoms. The Balaban J connectivity index is 1.66. The van der Waals surface area contributed by atoms with Crippen LogP contribution in [0.4, 0.5) is 0 Å². The Hall–Kier alpha value is -2.15. The minimum atomic E-state index is -0.274. The molecule has 0 spiro atoms. The highest BCUT2D eigenvalue weighted by atomic mass is 16.3. The van der Waals surface area contributed by atoms with E-state index >= 15 is 0 Å². The van der Waals surface area contributed by atoms with Crippen LogP contribution < -0.4 is 0 Å². The minimum Gasteiger partial charge on any atom is -0.393 e. The predicted molar refractivity (Wildman–Crippen MR) is 79.0 cm³/mol. The van der Waals surface area contributed by atoms with Crippen LogP contribution in [-0.2, 0) is 7.05 Å². The molecular weight excluding hydrogens is 282 g/mol. The van der Waals surface area contributed by atoms with E-state index in [0.717, 1.165) is 18.4 Å². The van der Waals surface area contributed by atoms with Crippen molar-refractivity contribution in [2.45, 2.75) is 43.9 Å². The summed E-state index contributed by atoms with van der Waals surface area (Å²) in [7, 11) is 1.84. The molecule has 2 aliphatic heterocycles. The molecule has 1 unspecified atom stereocenters. The van der Waals surface area contributed by atoms with Crippen LogP contribution in [0.15, 0.2) is 18.6 Å². The lowest BCUT2D eigenvalue weighted by Crippen LogP contribution is -2.48. The first-order chi connectivity index (χ1) is 10.6. The predicted octanol–water partition coefficient (Wildman–Crippen LogP) is 0.938. The number of rotatable bonds is 2. The maximum atomic E-state index is 13.0. The van der Waals surface area contributed by atoms with Crippen molar-refractivity contribution in [3.8, 4) is 11.3 Å². The standard InChI is InChI=1S/C15H19N5O2/c1-19-8-9(6-17-19)14-13(7-16-18-14)15(22)20-10-2-3-11(20)5-12(21)4-10/h6-8,10-12,21H,2-5H2,1H3,(H,16,18)/t10-,11+,12?. The van der Waals surface area contributed by atoms with Gasteiger partial charge in [0.15, 0.2) is 0 Å². The van der Waals surface area contributed by atoms with Crippen molar-refractivity contribution < 1.29 is 9.90 Å². The molecule has 0 aromatic carbocycles. The van der Waals surface area contributed by atoms with Crippen molar-refractivity contribution in [1.82, 2.24) is 24.9 Å². The van der Waals surface area contributed by atoms with Gasteiger partial charge in [0.25, 0.3) is 5.91 Å². The molecule has 2 aromatic rings. The molecular formula is C15H19N5O2. The van der Waals surface area contributed by atoms with E-state index in [1.165, 1.54) is 0 Å². The zero-order valence-electron chi connectivity index (χ0n) is 12.4. The molecule has 4 heterocycles. The number of piperidine rings is 1. The van der Waals surface area contributed by atoms with Crippen LogP contribution in [0.25, 0.3) is 11.3 Å². The summed E-state index contributed by atoms with van der Waals surface area (Å²) in [5, 5.41) is 21.0. The Labute approximate surface area is 127 Å². The van der Waals surface area contributed by atoms with Crippen molar-refractivity contribution >= 4 is 5.91 Å². The number of fused-ring (bicyclic) bond motifs is 2. The number of hydrogen-bond acceptors (Lipinski definition) is 4. The number of aliphatic hydroxyl groups excluding tert-OH is 1. The fourth-order valence-electron chi connectivity index (χ4n) is 3.84. The number of nitrogens with one attached hydrogen (secondary N) is 1. The second-order valence-corrected chi connectivity index (χ2v) is 6.28. The molecule has 116 valence electrons. The third-order valence-electron chi connectivity index (χ3n) is 4.81. The third kappa shape index (κ3) is 2.04. The molecule has 3 atom stereocenters. The van der Waals surface area contributed by atoms with E-state index in [2.05, 4.69) is 15.3 Å². The number of aromatic nitrogens is 4. The molecule has 2 fully saturated rings. The lowest BCUT2D eigenvalue weighted by atomic mass is 9.98. The van der Waals surface area contributed by atoms with Crippen LogP contribution in [-0.4, -0.2) is 54.1 Å². The van der Waals surface area contributed by atoms with Crippen LogP contribution >= 0.6 is 0 Å². The number of hydrogen-bond donors (Lipinski definition) is 2. The third-order valence-corrected chi connectivity index (χ3v) is 4.81. The maximum Gasteiger partial charge on any atom is 0.258 e. The average Bonchev–Trinajstić information content (AvgIpc) is 3.17. The highest BCUT2D eigenvalue weighted by Gasteiger charge is 2.43. The second-order valence-electron chi connectivity index (χ2n) is 6.28. The van der Waals surface area contributed by atoms with E-state index in [9.17, 15) is 9.90 Å². The van der Waals surface area contributed by atoms with Crippen LogP contribution in [0.1, 0.15) is 36.0 Å². The molecule has 1 amide bonds. The highest BCUT2D eigenvalue weighted by molar-refractivity contribution is 6.00. The summed E-state index contributed by atoms with van der Waals surface area (Å²) in [4.78, 5) is 14.9. The number of aliphatic hydroxyl groups is 1. The van der Waals surface area contributed by atoms with Gasteiger partial charge in [-0.25, -0.2) is 0 Å². The number of carbonyl (C=O) groups is 1. The Morgan fingerprint density at radius 2 is 2.05 bits per heavy atom. The molecule has 0 radical (unpaired) electrons. The average molecular weight is 301 g/mol. The molecule has 7 heteroatoms. The second kappa shape index (κ2) is 4.95. The van der Waals surface area contributed by atoms with Crippen molar-refractivity contribution in [2.24, 2.45) is 7.05 Å². The lowest BCUT2D eigenvalue weighted by Gasteiger charge is -2.37. The SMILES string of the molecule is Cn1cc(-c2[nH]ncc2C(=O)N2[C@@H]3CC[C@H]2CC(O)C3)cn1. The van der Waals surface area contributed by atoms with E-state index in [0.29, 0.717) is 24.1 Å². The van der Waals surface area contributed by atoms with Gasteiger partial charge < -0.3 is 10.0 Å². The fraction of sp³-hybridized carbons (Fsp3) is 0.533. The molecule has 2 N–H and O–H groups in total. The Bertz CT molecular complexity index is 692. The van der Waals surface area contributed by atoms with E-state index in [4.69, 9.17) is 0 Å². The summed E-state index contributed by atoms with van der Waals surface area (Å²) in [6, 6.07) is 0.302. The smallest absolute Gasteiger partial charge is 0.258 e.